The van der Waals surface area contributed by atoms with Gasteiger partial charge in [-0.2, -0.15) is 0 Å². The minimum atomic E-state index is -0.302. The molecule has 3 aromatic carbocycles. The van der Waals surface area contributed by atoms with E-state index < -0.39 is 0 Å². The van der Waals surface area contributed by atoms with Gasteiger partial charge < -0.3 is 34.5 Å². The van der Waals surface area contributed by atoms with Gasteiger partial charge in [-0.3, -0.25) is 19.3 Å². The summed E-state index contributed by atoms with van der Waals surface area (Å²) >= 11 is 0. The molecule has 2 atom stereocenters. The SMILES string of the molecule is COc1ccc2cc1OCC(=O)NCc1ccc(cc1)O[C@H]1CN(Cc3ccc(OCC(=O)N4CCCC4)cc3)C[C@@H]1NC2=O. The Morgan fingerprint density at radius 3 is 2.51 bits per heavy atom. The maximum atomic E-state index is 13.4. The highest BCUT2D eigenvalue weighted by Gasteiger charge is 2.36. The van der Waals surface area contributed by atoms with Crippen molar-refractivity contribution in [2.75, 3.05) is 46.5 Å². The van der Waals surface area contributed by atoms with Crippen LogP contribution in [0.15, 0.2) is 66.7 Å². The molecule has 4 aliphatic heterocycles. The lowest BCUT2D eigenvalue weighted by atomic mass is 10.1. The molecule has 2 fully saturated rings. The van der Waals surface area contributed by atoms with E-state index in [0.717, 1.165) is 37.1 Å². The number of ether oxygens (including phenoxy) is 4. The summed E-state index contributed by atoms with van der Waals surface area (Å²) in [6.07, 6.45) is 1.80. The van der Waals surface area contributed by atoms with Crippen molar-refractivity contribution in [2.45, 2.75) is 38.1 Å². The first-order valence-electron chi connectivity index (χ1n) is 15.3. The molecule has 3 amide bonds. The van der Waals surface area contributed by atoms with Gasteiger partial charge in [0.1, 0.15) is 17.6 Å². The topological polar surface area (TPSA) is 119 Å². The monoisotopic (exact) mass is 614 g/mol. The first-order valence-corrected chi connectivity index (χ1v) is 15.3. The molecule has 236 valence electrons. The number of benzene rings is 3. The van der Waals surface area contributed by atoms with E-state index in [9.17, 15) is 14.4 Å². The Hall–Kier alpha value is -4.77. The number of carbonyl (C=O) groups is 3. The van der Waals surface area contributed by atoms with E-state index in [4.69, 9.17) is 18.9 Å². The van der Waals surface area contributed by atoms with Crippen LogP contribution in [0, 0.1) is 0 Å². The van der Waals surface area contributed by atoms with Crippen molar-refractivity contribution < 1.29 is 33.3 Å². The highest BCUT2D eigenvalue weighted by molar-refractivity contribution is 5.95. The molecule has 11 heteroatoms. The van der Waals surface area contributed by atoms with E-state index in [2.05, 4.69) is 15.5 Å². The minimum Gasteiger partial charge on any atom is -0.493 e. The van der Waals surface area contributed by atoms with Crippen molar-refractivity contribution in [1.29, 1.82) is 0 Å². The smallest absolute Gasteiger partial charge is 0.260 e. The number of rotatable bonds is 6. The Bertz CT molecular complexity index is 1510. The average Bonchev–Trinajstić information content (AvgIpc) is 3.73. The summed E-state index contributed by atoms with van der Waals surface area (Å²) in [6.45, 7) is 3.62. The van der Waals surface area contributed by atoms with Crippen molar-refractivity contribution in [1.82, 2.24) is 20.4 Å². The lowest BCUT2D eigenvalue weighted by Crippen LogP contribution is -2.45. The number of likely N-dealkylation sites (tertiary alicyclic amines) is 2. The van der Waals surface area contributed by atoms with Crippen LogP contribution in [-0.4, -0.2) is 86.2 Å². The standard InChI is InChI=1S/C34H38N4O7/c1-42-29-13-8-25-16-30(29)44-21-32(39)35-17-23-4-11-27(12-5-23)45-31-20-37(19-28(31)36-34(25)41)18-24-6-9-26(10-7-24)43-22-33(40)38-14-2-3-15-38/h4-13,16,28,31H,2-3,14-15,17-22H2,1H3,(H,35,39)(H,36,41)/t28-,31-/m0/s1. The molecule has 4 bridgehead atoms. The number of fused-ring (bicyclic) bond motifs is 7. The fourth-order valence-electron chi connectivity index (χ4n) is 5.83. The van der Waals surface area contributed by atoms with Crippen molar-refractivity contribution in [3.05, 3.63) is 83.4 Å². The van der Waals surface area contributed by atoms with E-state index in [1.807, 2.05) is 53.4 Å². The molecule has 3 aromatic rings. The number of nitrogens with one attached hydrogen (secondary N) is 2. The number of nitrogens with zero attached hydrogens (tertiary/aromatic N) is 2. The third kappa shape index (κ3) is 7.66. The number of carbonyl (C=O) groups excluding carboxylic acids is 3. The van der Waals surface area contributed by atoms with Crippen LogP contribution in [0.4, 0.5) is 0 Å². The summed E-state index contributed by atoms with van der Waals surface area (Å²) in [4.78, 5) is 42.3. The fourth-order valence-corrected chi connectivity index (χ4v) is 5.83. The van der Waals surface area contributed by atoms with Gasteiger partial charge in [0, 0.05) is 44.8 Å². The van der Waals surface area contributed by atoms with Crippen LogP contribution < -0.4 is 29.6 Å². The molecule has 11 nitrogen and oxygen atoms in total. The Balaban J connectivity index is 1.15. The summed E-state index contributed by atoms with van der Waals surface area (Å²) in [5, 5.41) is 6.00. The number of hydrogen-bond donors (Lipinski definition) is 2. The summed E-state index contributed by atoms with van der Waals surface area (Å²) < 4.78 is 23.3. The summed E-state index contributed by atoms with van der Waals surface area (Å²) in [5.41, 5.74) is 2.39. The first kappa shape index (κ1) is 30.3. The van der Waals surface area contributed by atoms with E-state index in [-0.39, 0.29) is 43.1 Å². The molecule has 4 heterocycles. The van der Waals surface area contributed by atoms with Gasteiger partial charge in [-0.15, -0.1) is 0 Å². The van der Waals surface area contributed by atoms with Crippen LogP contribution in [-0.2, 0) is 22.7 Å². The zero-order valence-corrected chi connectivity index (χ0v) is 25.3. The van der Waals surface area contributed by atoms with E-state index in [1.165, 1.54) is 7.11 Å². The van der Waals surface area contributed by atoms with Gasteiger partial charge >= 0.3 is 0 Å². The lowest BCUT2D eigenvalue weighted by molar-refractivity contribution is -0.132. The predicted octanol–water partition coefficient (Wildman–Crippen LogP) is 2.77. The highest BCUT2D eigenvalue weighted by atomic mass is 16.5. The summed E-state index contributed by atoms with van der Waals surface area (Å²) in [7, 11) is 1.51. The average molecular weight is 615 g/mol. The van der Waals surface area contributed by atoms with Crippen molar-refractivity contribution >= 4 is 17.7 Å². The molecule has 0 unspecified atom stereocenters. The maximum absolute atomic E-state index is 13.4. The van der Waals surface area contributed by atoms with Gasteiger partial charge in [0.05, 0.1) is 13.2 Å². The molecular weight excluding hydrogens is 576 g/mol. The van der Waals surface area contributed by atoms with Gasteiger partial charge in [0.2, 0.25) is 0 Å². The van der Waals surface area contributed by atoms with Crippen LogP contribution >= 0.6 is 0 Å². The number of methoxy groups -OCH3 is 1. The van der Waals surface area contributed by atoms with Gasteiger partial charge in [-0.1, -0.05) is 24.3 Å². The second-order valence-corrected chi connectivity index (χ2v) is 11.5. The molecular formula is C34H38N4O7. The van der Waals surface area contributed by atoms with Gasteiger partial charge in [-0.05, 0) is 66.4 Å². The summed E-state index contributed by atoms with van der Waals surface area (Å²) in [5.74, 6) is 1.52. The zero-order chi connectivity index (χ0) is 31.2. The molecule has 2 saturated heterocycles. The van der Waals surface area contributed by atoms with Crippen LogP contribution in [0.3, 0.4) is 0 Å². The Labute approximate surface area is 262 Å². The van der Waals surface area contributed by atoms with Gasteiger partial charge in [0.25, 0.3) is 17.7 Å². The third-order valence-electron chi connectivity index (χ3n) is 8.29. The number of amides is 3. The Morgan fingerprint density at radius 1 is 0.978 bits per heavy atom. The lowest BCUT2D eigenvalue weighted by Gasteiger charge is -2.21. The third-order valence-corrected chi connectivity index (χ3v) is 8.29. The zero-order valence-electron chi connectivity index (χ0n) is 25.3. The maximum Gasteiger partial charge on any atom is 0.260 e. The Kier molecular flexibility index (Phi) is 9.35. The second kappa shape index (κ2) is 13.9. The Morgan fingerprint density at radius 2 is 1.76 bits per heavy atom. The molecule has 0 saturated carbocycles. The fraction of sp³-hybridized carbons (Fsp3) is 0.382. The molecule has 0 aliphatic carbocycles. The highest BCUT2D eigenvalue weighted by Crippen LogP contribution is 2.29. The van der Waals surface area contributed by atoms with E-state index in [0.29, 0.717) is 54.7 Å². The van der Waals surface area contributed by atoms with Crippen LogP contribution in [0.2, 0.25) is 0 Å². The molecule has 0 aromatic heterocycles. The van der Waals surface area contributed by atoms with Crippen LogP contribution in [0.25, 0.3) is 0 Å². The molecule has 45 heavy (non-hydrogen) atoms. The molecule has 0 spiro atoms. The number of hydrogen-bond acceptors (Lipinski definition) is 8. The summed E-state index contributed by atoms with van der Waals surface area (Å²) in [6, 6.07) is 19.9. The predicted molar refractivity (Wildman–Crippen MR) is 165 cm³/mol. The van der Waals surface area contributed by atoms with Crippen LogP contribution in [0.5, 0.6) is 23.0 Å². The van der Waals surface area contributed by atoms with Crippen molar-refractivity contribution in [3.8, 4) is 23.0 Å². The normalized spacial score (nSPS) is 20.3. The van der Waals surface area contributed by atoms with E-state index >= 15 is 0 Å². The van der Waals surface area contributed by atoms with Gasteiger partial charge in [-0.25, -0.2) is 0 Å². The molecule has 7 rings (SSSR count). The quantitative estimate of drug-likeness (QED) is 0.435. The second-order valence-electron chi connectivity index (χ2n) is 11.5. The first-order chi connectivity index (χ1) is 21.9. The van der Waals surface area contributed by atoms with Crippen molar-refractivity contribution in [3.63, 3.8) is 0 Å². The minimum absolute atomic E-state index is 0.0239. The largest absolute Gasteiger partial charge is 0.493 e. The van der Waals surface area contributed by atoms with Gasteiger partial charge in [0.15, 0.2) is 24.7 Å². The molecule has 2 N–H and O–H groups in total. The van der Waals surface area contributed by atoms with Crippen LogP contribution in [0.1, 0.15) is 34.3 Å². The molecule has 4 aliphatic rings. The van der Waals surface area contributed by atoms with E-state index in [1.54, 1.807) is 18.2 Å². The van der Waals surface area contributed by atoms with Crippen molar-refractivity contribution in [2.24, 2.45) is 0 Å². The molecule has 0 radical (unpaired) electrons.